The van der Waals surface area contributed by atoms with Gasteiger partial charge in [0.15, 0.2) is 0 Å². The summed E-state index contributed by atoms with van der Waals surface area (Å²) in [5.74, 6) is -0.241. The molecule has 4 aromatic rings. The lowest BCUT2D eigenvalue weighted by Crippen LogP contribution is -2.54. The lowest BCUT2D eigenvalue weighted by atomic mass is 10.1. The highest BCUT2D eigenvalue weighted by Gasteiger charge is 2.29. The molecule has 1 aliphatic heterocycles. The van der Waals surface area contributed by atoms with E-state index in [0.29, 0.717) is 29.9 Å². The van der Waals surface area contributed by atoms with Crippen molar-refractivity contribution in [2.24, 2.45) is 0 Å². The molecule has 3 heterocycles. The number of fused-ring (bicyclic) bond motifs is 1. The number of amides is 2. The summed E-state index contributed by atoms with van der Waals surface area (Å²) in [5.41, 5.74) is 4.76. The molecule has 0 saturated carbocycles. The summed E-state index contributed by atoms with van der Waals surface area (Å²) >= 11 is 0. The van der Waals surface area contributed by atoms with E-state index in [4.69, 9.17) is 0 Å². The van der Waals surface area contributed by atoms with Crippen molar-refractivity contribution in [3.63, 3.8) is 0 Å². The van der Waals surface area contributed by atoms with Crippen molar-refractivity contribution >= 4 is 34.2 Å². The molecular formula is C28H30N6O2. The molecular weight excluding hydrogens is 452 g/mol. The topological polar surface area (TPSA) is 83.4 Å². The molecule has 184 valence electrons. The van der Waals surface area contributed by atoms with E-state index in [1.54, 1.807) is 18.6 Å². The summed E-state index contributed by atoms with van der Waals surface area (Å²) in [4.78, 5) is 38.8. The molecule has 0 spiro atoms. The zero-order chi connectivity index (χ0) is 25.1. The predicted octanol–water partition coefficient (Wildman–Crippen LogP) is 3.98. The Kier molecular flexibility index (Phi) is 6.66. The third-order valence-corrected chi connectivity index (χ3v) is 6.62. The molecule has 1 N–H and O–H groups in total. The second kappa shape index (κ2) is 10.2. The molecule has 2 aromatic carbocycles. The van der Waals surface area contributed by atoms with Gasteiger partial charge in [-0.25, -0.2) is 4.98 Å². The van der Waals surface area contributed by atoms with Crippen LogP contribution in [0.2, 0.25) is 0 Å². The monoisotopic (exact) mass is 482 g/mol. The van der Waals surface area contributed by atoms with Crippen LogP contribution in [-0.2, 0) is 17.8 Å². The summed E-state index contributed by atoms with van der Waals surface area (Å²) in [7, 11) is 0. The number of hydrogen-bond donors (Lipinski definition) is 1. The Morgan fingerprint density at radius 1 is 1.03 bits per heavy atom. The third-order valence-electron chi connectivity index (χ3n) is 6.62. The van der Waals surface area contributed by atoms with Crippen molar-refractivity contribution in [3.8, 4) is 0 Å². The van der Waals surface area contributed by atoms with Gasteiger partial charge in [-0.3, -0.25) is 14.6 Å². The maximum absolute atomic E-state index is 13.6. The number of piperazine rings is 1. The number of nitrogens with one attached hydrogen (secondary N) is 1. The van der Waals surface area contributed by atoms with Gasteiger partial charge in [0.1, 0.15) is 0 Å². The van der Waals surface area contributed by atoms with E-state index in [1.165, 1.54) is 12.6 Å². The number of aryl methyl sites for hydroxylation is 2. The molecule has 1 saturated heterocycles. The van der Waals surface area contributed by atoms with Gasteiger partial charge < -0.3 is 19.7 Å². The first-order valence-electron chi connectivity index (χ1n) is 12.3. The van der Waals surface area contributed by atoms with Crippen molar-refractivity contribution in [2.45, 2.75) is 32.9 Å². The van der Waals surface area contributed by atoms with Crippen molar-refractivity contribution in [1.29, 1.82) is 0 Å². The standard InChI is InChI=1S/C28H30N6O2/c1-20-18-32(24-9-4-3-5-10-24)14-15-34(20)28(36)22-16-25-27(26(17-22)31-21(2)35)33(19-30-25)13-11-23-8-6-7-12-29-23/h3-10,12,16-17,19-20H,11,13-15,18H2,1-2H3,(H,31,35)/t20-/m0/s1. The van der Waals surface area contributed by atoms with Crippen LogP contribution in [0.1, 0.15) is 29.9 Å². The number of aromatic nitrogens is 3. The van der Waals surface area contributed by atoms with Gasteiger partial charge >= 0.3 is 0 Å². The van der Waals surface area contributed by atoms with Crippen LogP contribution in [0, 0.1) is 0 Å². The Balaban J connectivity index is 1.39. The van der Waals surface area contributed by atoms with Crippen LogP contribution < -0.4 is 10.2 Å². The number of para-hydroxylation sites is 1. The predicted molar refractivity (Wildman–Crippen MR) is 141 cm³/mol. The SMILES string of the molecule is CC(=O)Nc1cc(C(=O)N2CCN(c3ccccc3)C[C@@H]2C)cc2ncn(CCc3ccccn3)c12. The van der Waals surface area contributed by atoms with Gasteiger partial charge in [-0.1, -0.05) is 24.3 Å². The molecule has 2 amide bonds. The van der Waals surface area contributed by atoms with E-state index >= 15 is 0 Å². The second-order valence-corrected chi connectivity index (χ2v) is 9.21. The van der Waals surface area contributed by atoms with Crippen molar-refractivity contribution in [2.75, 3.05) is 29.9 Å². The van der Waals surface area contributed by atoms with Crippen molar-refractivity contribution < 1.29 is 9.59 Å². The van der Waals surface area contributed by atoms with Gasteiger partial charge in [-0.2, -0.15) is 0 Å². The van der Waals surface area contributed by atoms with E-state index < -0.39 is 0 Å². The molecule has 0 bridgehead atoms. The van der Waals surface area contributed by atoms with E-state index in [-0.39, 0.29) is 17.9 Å². The van der Waals surface area contributed by atoms with Crippen LogP contribution in [-0.4, -0.2) is 56.9 Å². The molecule has 0 radical (unpaired) electrons. The van der Waals surface area contributed by atoms with Crippen LogP contribution in [0.25, 0.3) is 11.0 Å². The molecule has 8 heteroatoms. The number of rotatable bonds is 6. The first-order valence-corrected chi connectivity index (χ1v) is 12.3. The van der Waals surface area contributed by atoms with Crippen molar-refractivity contribution in [1.82, 2.24) is 19.4 Å². The largest absolute Gasteiger partial charge is 0.368 e. The summed E-state index contributed by atoms with van der Waals surface area (Å²) in [6.45, 7) is 6.36. The minimum atomic E-state index is -0.191. The molecule has 8 nitrogen and oxygen atoms in total. The second-order valence-electron chi connectivity index (χ2n) is 9.21. The smallest absolute Gasteiger partial charge is 0.254 e. The van der Waals surface area contributed by atoms with E-state index in [2.05, 4.69) is 39.2 Å². The zero-order valence-corrected chi connectivity index (χ0v) is 20.6. The van der Waals surface area contributed by atoms with Crippen LogP contribution >= 0.6 is 0 Å². The molecule has 1 fully saturated rings. The highest BCUT2D eigenvalue weighted by Crippen LogP contribution is 2.28. The number of nitrogens with zero attached hydrogens (tertiary/aromatic N) is 5. The summed E-state index contributed by atoms with van der Waals surface area (Å²) < 4.78 is 2.00. The quantitative estimate of drug-likeness (QED) is 0.449. The first-order chi connectivity index (χ1) is 17.5. The molecule has 1 atom stereocenters. The first kappa shape index (κ1) is 23.5. The minimum absolute atomic E-state index is 0.0438. The van der Waals surface area contributed by atoms with E-state index in [9.17, 15) is 9.59 Å². The van der Waals surface area contributed by atoms with Gasteiger partial charge in [0.05, 0.1) is 23.0 Å². The number of hydrogen-bond acceptors (Lipinski definition) is 5. The lowest BCUT2D eigenvalue weighted by Gasteiger charge is -2.41. The fourth-order valence-electron chi connectivity index (χ4n) is 4.87. The van der Waals surface area contributed by atoms with Gasteiger partial charge in [0.2, 0.25) is 5.91 Å². The van der Waals surface area contributed by atoms with Crippen LogP contribution in [0.15, 0.2) is 73.2 Å². The Labute approximate surface area is 210 Å². The van der Waals surface area contributed by atoms with Gasteiger partial charge in [-0.05, 0) is 43.3 Å². The number of anilines is 2. The van der Waals surface area contributed by atoms with Crippen LogP contribution in [0.5, 0.6) is 0 Å². The number of carbonyl (C=O) groups is 2. The average Bonchev–Trinajstić information content (AvgIpc) is 3.31. The Morgan fingerprint density at radius 2 is 1.83 bits per heavy atom. The summed E-state index contributed by atoms with van der Waals surface area (Å²) in [5, 5.41) is 2.92. The molecule has 2 aromatic heterocycles. The third kappa shape index (κ3) is 4.93. The minimum Gasteiger partial charge on any atom is -0.368 e. The highest BCUT2D eigenvalue weighted by molar-refractivity contribution is 6.05. The Morgan fingerprint density at radius 3 is 2.56 bits per heavy atom. The molecule has 36 heavy (non-hydrogen) atoms. The van der Waals surface area contributed by atoms with Crippen LogP contribution in [0.3, 0.4) is 0 Å². The molecule has 0 unspecified atom stereocenters. The fourth-order valence-corrected chi connectivity index (χ4v) is 4.87. The summed E-state index contributed by atoms with van der Waals surface area (Å²) in [6.07, 6.45) is 4.27. The van der Waals surface area contributed by atoms with Gasteiger partial charge in [-0.15, -0.1) is 0 Å². The fraction of sp³-hybridized carbons (Fsp3) is 0.286. The van der Waals surface area contributed by atoms with Gasteiger partial charge in [0, 0.05) is 68.7 Å². The number of carbonyl (C=O) groups excluding carboxylic acids is 2. The average molecular weight is 483 g/mol. The maximum atomic E-state index is 13.6. The number of pyridine rings is 1. The Hall–Kier alpha value is -4.20. The Bertz CT molecular complexity index is 1370. The highest BCUT2D eigenvalue weighted by atomic mass is 16.2. The lowest BCUT2D eigenvalue weighted by molar-refractivity contribution is -0.114. The molecule has 5 rings (SSSR count). The number of imidazole rings is 1. The van der Waals surface area contributed by atoms with Crippen molar-refractivity contribution in [3.05, 3.63) is 84.4 Å². The van der Waals surface area contributed by atoms with E-state index in [1.807, 2.05) is 51.9 Å². The number of benzene rings is 2. The molecule has 1 aliphatic rings. The zero-order valence-electron chi connectivity index (χ0n) is 20.6. The summed E-state index contributed by atoms with van der Waals surface area (Å²) in [6, 6.07) is 19.8. The van der Waals surface area contributed by atoms with Crippen LogP contribution in [0.4, 0.5) is 11.4 Å². The van der Waals surface area contributed by atoms with E-state index in [0.717, 1.165) is 30.7 Å². The normalized spacial score (nSPS) is 15.8. The maximum Gasteiger partial charge on any atom is 0.254 e. The van der Waals surface area contributed by atoms with Gasteiger partial charge in [0.25, 0.3) is 5.91 Å². The molecule has 0 aliphatic carbocycles.